The second-order valence-corrected chi connectivity index (χ2v) is 9.22. The van der Waals surface area contributed by atoms with Crippen molar-refractivity contribution in [2.45, 2.75) is 6.61 Å². The Labute approximate surface area is 212 Å². The van der Waals surface area contributed by atoms with Crippen LogP contribution in [0.1, 0.15) is 16.7 Å². The van der Waals surface area contributed by atoms with Crippen LogP contribution >= 0.6 is 50.1 Å². The molecule has 4 rings (SSSR count). The first-order valence-corrected chi connectivity index (χ1v) is 11.7. The van der Waals surface area contributed by atoms with Gasteiger partial charge in [-0.25, -0.2) is 9.79 Å². The van der Waals surface area contributed by atoms with E-state index in [0.29, 0.717) is 28.7 Å². The number of benzene rings is 3. The number of carbonyl (C=O) groups excluding carboxylic acids is 1. The number of aliphatic imine (C=N–C) groups is 1. The Morgan fingerprint density at radius 3 is 2.62 bits per heavy atom. The molecule has 0 radical (unpaired) electrons. The van der Waals surface area contributed by atoms with E-state index in [0.717, 1.165) is 19.2 Å². The smallest absolute Gasteiger partial charge is 0.363 e. The molecule has 0 saturated carbocycles. The predicted molar refractivity (Wildman–Crippen MR) is 136 cm³/mol. The molecule has 0 N–H and O–H groups in total. The molecule has 0 saturated heterocycles. The van der Waals surface area contributed by atoms with Crippen molar-refractivity contribution in [1.82, 2.24) is 0 Å². The molecule has 1 aliphatic rings. The summed E-state index contributed by atoms with van der Waals surface area (Å²) < 4.78 is 18.5. The summed E-state index contributed by atoms with van der Waals surface area (Å²) in [6.07, 6.45) is 1.67. The van der Waals surface area contributed by atoms with Gasteiger partial charge in [0.05, 0.1) is 16.2 Å². The second kappa shape index (κ2) is 10.1. The van der Waals surface area contributed by atoms with Gasteiger partial charge in [-0.05, 0) is 92.1 Å². The molecule has 1 heterocycles. The van der Waals surface area contributed by atoms with Gasteiger partial charge in [0.2, 0.25) is 5.90 Å². The molecular weight excluding hydrogens is 609 g/mol. The fourth-order valence-corrected chi connectivity index (χ4v) is 4.38. The highest BCUT2D eigenvalue weighted by atomic mass is 127. The highest BCUT2D eigenvalue weighted by Crippen LogP contribution is 2.36. The van der Waals surface area contributed by atoms with E-state index in [1.807, 2.05) is 54.6 Å². The van der Waals surface area contributed by atoms with Crippen LogP contribution in [0.25, 0.3) is 6.08 Å². The van der Waals surface area contributed by atoms with E-state index in [1.165, 1.54) is 0 Å². The number of carbonyl (C=O) groups is 1. The highest BCUT2D eigenvalue weighted by Gasteiger charge is 2.25. The van der Waals surface area contributed by atoms with E-state index in [9.17, 15) is 4.79 Å². The molecule has 0 spiro atoms. The number of cyclic esters (lactones) is 1. The van der Waals surface area contributed by atoms with Crippen LogP contribution in [-0.4, -0.2) is 19.0 Å². The Morgan fingerprint density at radius 2 is 1.91 bits per heavy atom. The van der Waals surface area contributed by atoms with E-state index < -0.39 is 5.97 Å². The average Bonchev–Trinajstić information content (AvgIpc) is 3.14. The third-order valence-electron chi connectivity index (χ3n) is 4.58. The van der Waals surface area contributed by atoms with Gasteiger partial charge in [0.1, 0.15) is 6.61 Å². The zero-order valence-electron chi connectivity index (χ0n) is 16.8. The first-order valence-electron chi connectivity index (χ1n) is 9.47. The third-order valence-corrected chi connectivity index (χ3v) is 6.32. The fourth-order valence-electron chi connectivity index (χ4n) is 3.02. The SMILES string of the molecule is COc1cc(/C=C2\N=C(c3ccccc3Br)OC2=O)cc(I)c1OCc1ccc(Cl)cc1. The van der Waals surface area contributed by atoms with E-state index in [4.69, 9.17) is 25.8 Å². The van der Waals surface area contributed by atoms with Crippen molar-refractivity contribution in [2.24, 2.45) is 4.99 Å². The number of methoxy groups -OCH3 is 1. The predicted octanol–water partition coefficient (Wildman–Crippen LogP) is 6.64. The number of nitrogens with zero attached hydrogens (tertiary/aromatic N) is 1. The molecule has 162 valence electrons. The molecule has 3 aromatic carbocycles. The number of halogens is 3. The highest BCUT2D eigenvalue weighted by molar-refractivity contribution is 14.1. The van der Waals surface area contributed by atoms with Crippen LogP contribution < -0.4 is 9.47 Å². The summed E-state index contributed by atoms with van der Waals surface area (Å²) in [5.74, 6) is 0.932. The minimum Gasteiger partial charge on any atom is -0.493 e. The molecule has 5 nitrogen and oxygen atoms in total. The molecule has 32 heavy (non-hydrogen) atoms. The summed E-state index contributed by atoms with van der Waals surface area (Å²) in [4.78, 5) is 16.8. The van der Waals surface area contributed by atoms with Gasteiger partial charge in [0.25, 0.3) is 0 Å². The van der Waals surface area contributed by atoms with Crippen molar-refractivity contribution in [3.8, 4) is 11.5 Å². The quantitative estimate of drug-likeness (QED) is 0.175. The molecular formula is C24H16BrClINO4. The largest absolute Gasteiger partial charge is 0.493 e. The first-order chi connectivity index (χ1) is 15.4. The number of ether oxygens (including phenoxy) is 3. The van der Waals surface area contributed by atoms with Crippen LogP contribution in [0.2, 0.25) is 5.02 Å². The van der Waals surface area contributed by atoms with Gasteiger partial charge >= 0.3 is 5.97 Å². The molecule has 0 bridgehead atoms. The van der Waals surface area contributed by atoms with Crippen LogP contribution in [0.15, 0.2) is 75.8 Å². The van der Waals surface area contributed by atoms with Crippen LogP contribution in [0, 0.1) is 3.57 Å². The molecule has 0 aliphatic carbocycles. The Bertz CT molecular complexity index is 1240. The zero-order chi connectivity index (χ0) is 22.7. The summed E-state index contributed by atoms with van der Waals surface area (Å²) in [5, 5.41) is 0.675. The maximum absolute atomic E-state index is 12.4. The summed E-state index contributed by atoms with van der Waals surface area (Å²) in [7, 11) is 1.57. The van der Waals surface area contributed by atoms with E-state index in [-0.39, 0.29) is 11.6 Å². The summed E-state index contributed by atoms with van der Waals surface area (Å²) >= 11 is 11.6. The lowest BCUT2D eigenvalue weighted by molar-refractivity contribution is -0.129. The minimum absolute atomic E-state index is 0.212. The standard InChI is InChI=1S/C24H16BrClINO4/c1-30-21-12-15(10-19(27)22(21)31-13-14-6-8-16(26)9-7-14)11-20-24(29)32-23(28-20)17-4-2-3-5-18(17)25/h2-12H,13H2,1H3/b20-11-. The minimum atomic E-state index is -0.507. The van der Waals surface area contributed by atoms with Crippen molar-refractivity contribution in [3.05, 3.63) is 96.1 Å². The Hall–Kier alpha value is -2.36. The topological polar surface area (TPSA) is 57.1 Å². The number of rotatable bonds is 6. The lowest BCUT2D eigenvalue weighted by Gasteiger charge is -2.14. The van der Waals surface area contributed by atoms with E-state index in [1.54, 1.807) is 19.3 Å². The van der Waals surface area contributed by atoms with Gasteiger partial charge in [-0.15, -0.1) is 0 Å². The molecule has 0 unspecified atom stereocenters. The van der Waals surface area contributed by atoms with Gasteiger partial charge < -0.3 is 14.2 Å². The van der Waals surface area contributed by atoms with Gasteiger partial charge in [-0.1, -0.05) is 35.9 Å². The lowest BCUT2D eigenvalue weighted by atomic mass is 10.1. The van der Waals surface area contributed by atoms with Crippen molar-refractivity contribution in [1.29, 1.82) is 0 Å². The molecule has 0 amide bonds. The second-order valence-electron chi connectivity index (χ2n) is 6.77. The van der Waals surface area contributed by atoms with Crippen LogP contribution in [0.4, 0.5) is 0 Å². The van der Waals surface area contributed by atoms with Crippen molar-refractivity contribution < 1.29 is 19.0 Å². The van der Waals surface area contributed by atoms with Crippen LogP contribution in [0.3, 0.4) is 0 Å². The average molecular weight is 625 g/mol. The normalized spacial score (nSPS) is 14.3. The molecule has 1 aliphatic heterocycles. The van der Waals surface area contributed by atoms with Gasteiger partial charge in [0.15, 0.2) is 17.2 Å². The molecule has 0 fully saturated rings. The van der Waals surface area contributed by atoms with Crippen molar-refractivity contribution in [3.63, 3.8) is 0 Å². The van der Waals surface area contributed by atoms with E-state index >= 15 is 0 Å². The van der Waals surface area contributed by atoms with Gasteiger partial charge in [-0.3, -0.25) is 0 Å². The maximum Gasteiger partial charge on any atom is 0.363 e. The fraction of sp³-hybridized carbons (Fsp3) is 0.0833. The molecule has 0 aromatic heterocycles. The third kappa shape index (κ3) is 5.16. The Kier molecular flexibility index (Phi) is 7.17. The number of esters is 1. The monoisotopic (exact) mass is 623 g/mol. The van der Waals surface area contributed by atoms with Crippen molar-refractivity contribution >= 4 is 68.1 Å². The zero-order valence-corrected chi connectivity index (χ0v) is 21.3. The Morgan fingerprint density at radius 1 is 1.16 bits per heavy atom. The van der Waals surface area contributed by atoms with Gasteiger partial charge in [0, 0.05) is 9.50 Å². The molecule has 3 aromatic rings. The number of hydrogen-bond acceptors (Lipinski definition) is 5. The first kappa shape index (κ1) is 22.8. The summed E-state index contributed by atoms with van der Waals surface area (Å²) in [6.45, 7) is 0.371. The molecule has 0 atom stereocenters. The number of hydrogen-bond donors (Lipinski definition) is 0. The van der Waals surface area contributed by atoms with Crippen molar-refractivity contribution in [2.75, 3.05) is 7.11 Å². The maximum atomic E-state index is 12.4. The Balaban J connectivity index is 1.59. The summed E-state index contributed by atoms with van der Waals surface area (Å²) in [6, 6.07) is 18.6. The van der Waals surface area contributed by atoms with E-state index in [2.05, 4.69) is 43.5 Å². The van der Waals surface area contributed by atoms with Crippen LogP contribution in [0.5, 0.6) is 11.5 Å². The van der Waals surface area contributed by atoms with Crippen LogP contribution in [-0.2, 0) is 16.1 Å². The van der Waals surface area contributed by atoms with Gasteiger partial charge in [-0.2, -0.15) is 0 Å². The molecule has 8 heteroatoms. The lowest BCUT2D eigenvalue weighted by Crippen LogP contribution is -2.05. The summed E-state index contributed by atoms with van der Waals surface area (Å²) in [5.41, 5.74) is 2.65.